The van der Waals surface area contributed by atoms with Crippen molar-refractivity contribution in [1.82, 2.24) is 9.97 Å². The van der Waals surface area contributed by atoms with Crippen molar-refractivity contribution in [2.24, 2.45) is 5.41 Å². The summed E-state index contributed by atoms with van der Waals surface area (Å²) in [5.74, 6) is -1.41. The molecule has 2 rings (SSSR count). The number of aromatic nitrogens is 2. The molecule has 0 aromatic carbocycles. The predicted molar refractivity (Wildman–Crippen MR) is 75.4 cm³/mol. The van der Waals surface area contributed by atoms with Crippen LogP contribution in [0.2, 0.25) is 0 Å². The number of H-pyrrole nitrogens is 2. The Bertz CT molecular complexity index is 684. The van der Waals surface area contributed by atoms with Crippen LogP contribution in [0.15, 0.2) is 9.59 Å². The quantitative estimate of drug-likeness (QED) is 0.580. The summed E-state index contributed by atoms with van der Waals surface area (Å²) in [6.07, 6.45) is 0.190. The Hall–Kier alpha value is -2.38. The maximum absolute atomic E-state index is 12.3. The van der Waals surface area contributed by atoms with Gasteiger partial charge >= 0.3 is 17.6 Å². The molecule has 1 aliphatic carbocycles. The van der Waals surface area contributed by atoms with Gasteiger partial charge in [-0.2, -0.15) is 0 Å². The summed E-state index contributed by atoms with van der Waals surface area (Å²) in [7, 11) is 0. The van der Waals surface area contributed by atoms with Gasteiger partial charge in [0.15, 0.2) is 5.41 Å². The number of carbonyl (C=O) groups is 2. The summed E-state index contributed by atoms with van der Waals surface area (Å²) in [4.78, 5) is 52.5. The van der Waals surface area contributed by atoms with Crippen LogP contribution in [0.4, 0.5) is 0 Å². The van der Waals surface area contributed by atoms with Gasteiger partial charge in [0.2, 0.25) is 0 Å². The number of nitrogens with one attached hydrogen (secondary N) is 2. The molecule has 0 amide bonds. The summed E-state index contributed by atoms with van der Waals surface area (Å²) in [5.41, 5.74) is -2.09. The average molecular weight is 310 g/mol. The van der Waals surface area contributed by atoms with E-state index in [-0.39, 0.29) is 38.0 Å². The molecule has 0 spiro atoms. The van der Waals surface area contributed by atoms with Gasteiger partial charge in [0.1, 0.15) is 0 Å². The largest absolute Gasteiger partial charge is 0.465 e. The zero-order valence-electron chi connectivity index (χ0n) is 12.5. The Kier molecular flexibility index (Phi) is 4.48. The Morgan fingerprint density at radius 3 is 2.23 bits per heavy atom. The van der Waals surface area contributed by atoms with Crippen LogP contribution < -0.4 is 11.2 Å². The lowest BCUT2D eigenvalue weighted by atomic mass is 9.73. The molecule has 8 heteroatoms. The fourth-order valence-corrected chi connectivity index (χ4v) is 2.66. The molecule has 1 aromatic heterocycles. The summed E-state index contributed by atoms with van der Waals surface area (Å²) < 4.78 is 10.0. The van der Waals surface area contributed by atoms with E-state index in [1.54, 1.807) is 13.8 Å². The van der Waals surface area contributed by atoms with E-state index < -0.39 is 28.6 Å². The maximum atomic E-state index is 12.3. The molecule has 22 heavy (non-hydrogen) atoms. The van der Waals surface area contributed by atoms with Crippen molar-refractivity contribution in [2.75, 3.05) is 13.2 Å². The highest BCUT2D eigenvalue weighted by atomic mass is 16.6. The minimum atomic E-state index is -1.54. The van der Waals surface area contributed by atoms with Gasteiger partial charge in [0, 0.05) is 17.7 Å². The molecule has 1 aliphatic rings. The molecule has 2 N–H and O–H groups in total. The number of hydrogen-bond acceptors (Lipinski definition) is 6. The fourth-order valence-electron chi connectivity index (χ4n) is 2.66. The highest BCUT2D eigenvalue weighted by Gasteiger charge is 2.51. The molecule has 0 radical (unpaired) electrons. The second kappa shape index (κ2) is 6.17. The van der Waals surface area contributed by atoms with Gasteiger partial charge in [-0.15, -0.1) is 0 Å². The Morgan fingerprint density at radius 2 is 1.68 bits per heavy atom. The van der Waals surface area contributed by atoms with Crippen LogP contribution in [0.5, 0.6) is 0 Å². The van der Waals surface area contributed by atoms with E-state index in [4.69, 9.17) is 9.47 Å². The van der Waals surface area contributed by atoms with Crippen LogP contribution >= 0.6 is 0 Å². The van der Waals surface area contributed by atoms with Crippen molar-refractivity contribution < 1.29 is 19.1 Å². The van der Waals surface area contributed by atoms with Crippen molar-refractivity contribution in [1.29, 1.82) is 0 Å². The smallest absolute Gasteiger partial charge is 0.325 e. The van der Waals surface area contributed by atoms with Crippen molar-refractivity contribution in [3.05, 3.63) is 32.1 Å². The molecule has 8 nitrogen and oxygen atoms in total. The fraction of sp³-hybridized carbons (Fsp3) is 0.571. The SMILES string of the molecule is CCOC(=O)C1(C(=O)OCC)CCc2[nH]c(=O)[nH]c(=O)c2C1. The van der Waals surface area contributed by atoms with Crippen molar-refractivity contribution in [3.63, 3.8) is 0 Å². The van der Waals surface area contributed by atoms with Crippen LogP contribution in [0.1, 0.15) is 31.5 Å². The molecule has 120 valence electrons. The lowest BCUT2D eigenvalue weighted by Gasteiger charge is -2.32. The zero-order valence-corrected chi connectivity index (χ0v) is 12.5. The van der Waals surface area contributed by atoms with Crippen molar-refractivity contribution in [3.8, 4) is 0 Å². The van der Waals surface area contributed by atoms with E-state index in [1.807, 2.05) is 0 Å². The summed E-state index contributed by atoms with van der Waals surface area (Å²) >= 11 is 0. The third-order valence-electron chi connectivity index (χ3n) is 3.74. The minimum Gasteiger partial charge on any atom is -0.465 e. The first kappa shape index (κ1) is 16.0. The topological polar surface area (TPSA) is 118 Å². The first-order chi connectivity index (χ1) is 10.4. The number of aryl methyl sites for hydroxylation is 1. The standard InChI is InChI=1S/C14H18N2O6/c1-3-21-11(18)14(12(19)22-4-2)6-5-9-8(7-14)10(17)16-13(20)15-9/h3-7H2,1-2H3,(H2,15,16,17,20). The predicted octanol–water partition coefficient (Wildman–Crippen LogP) is -0.335. The monoisotopic (exact) mass is 310 g/mol. The van der Waals surface area contributed by atoms with Crippen LogP contribution in [-0.2, 0) is 31.9 Å². The molecule has 0 fully saturated rings. The first-order valence-corrected chi connectivity index (χ1v) is 7.13. The molecule has 1 heterocycles. The van der Waals surface area contributed by atoms with Gasteiger partial charge in [-0.3, -0.25) is 19.4 Å². The van der Waals surface area contributed by atoms with Crippen LogP contribution in [-0.4, -0.2) is 35.1 Å². The third-order valence-corrected chi connectivity index (χ3v) is 3.74. The number of carbonyl (C=O) groups excluding carboxylic acids is 2. The number of ether oxygens (including phenoxy) is 2. The van der Waals surface area contributed by atoms with Gasteiger partial charge in [-0.25, -0.2) is 4.79 Å². The maximum Gasteiger partial charge on any atom is 0.325 e. The summed E-state index contributed by atoms with van der Waals surface area (Å²) in [6, 6.07) is 0. The number of rotatable bonds is 4. The molecule has 0 bridgehead atoms. The second-order valence-corrected chi connectivity index (χ2v) is 5.07. The number of hydrogen-bond donors (Lipinski definition) is 2. The number of aromatic amines is 2. The third kappa shape index (κ3) is 2.68. The van der Waals surface area contributed by atoms with Gasteiger partial charge in [-0.1, -0.05) is 0 Å². The lowest BCUT2D eigenvalue weighted by molar-refractivity contribution is -0.173. The molecular weight excluding hydrogens is 292 g/mol. The van der Waals surface area contributed by atoms with Crippen LogP contribution in [0.3, 0.4) is 0 Å². The first-order valence-electron chi connectivity index (χ1n) is 7.13. The van der Waals surface area contributed by atoms with E-state index in [9.17, 15) is 19.2 Å². The van der Waals surface area contributed by atoms with Crippen LogP contribution in [0.25, 0.3) is 0 Å². The number of esters is 2. The van der Waals surface area contributed by atoms with Gasteiger partial charge in [0.05, 0.1) is 13.2 Å². The van der Waals surface area contributed by atoms with Gasteiger partial charge < -0.3 is 14.5 Å². The van der Waals surface area contributed by atoms with Crippen molar-refractivity contribution in [2.45, 2.75) is 33.1 Å². The molecule has 0 saturated carbocycles. The van der Waals surface area contributed by atoms with Gasteiger partial charge in [-0.05, 0) is 26.7 Å². The number of fused-ring (bicyclic) bond motifs is 1. The van der Waals surface area contributed by atoms with Gasteiger partial charge in [0.25, 0.3) is 5.56 Å². The molecule has 0 atom stereocenters. The molecule has 0 saturated heterocycles. The van der Waals surface area contributed by atoms with Crippen LogP contribution in [0, 0.1) is 5.41 Å². The summed E-state index contributed by atoms with van der Waals surface area (Å²) in [5, 5.41) is 0. The normalized spacial score (nSPS) is 15.7. The minimum absolute atomic E-state index is 0.120. The van der Waals surface area contributed by atoms with E-state index in [1.165, 1.54) is 0 Å². The van der Waals surface area contributed by atoms with E-state index >= 15 is 0 Å². The summed E-state index contributed by atoms with van der Waals surface area (Å²) in [6.45, 7) is 3.51. The highest BCUT2D eigenvalue weighted by molar-refractivity contribution is 6.00. The molecule has 0 aliphatic heterocycles. The van der Waals surface area contributed by atoms with E-state index in [0.717, 1.165) is 0 Å². The average Bonchev–Trinajstić information content (AvgIpc) is 2.47. The Morgan fingerprint density at radius 1 is 1.09 bits per heavy atom. The molecule has 0 unspecified atom stereocenters. The Balaban J connectivity index is 2.49. The second-order valence-electron chi connectivity index (χ2n) is 5.07. The van der Waals surface area contributed by atoms with E-state index in [2.05, 4.69) is 9.97 Å². The molecule has 1 aromatic rings. The zero-order chi connectivity index (χ0) is 16.3. The molecular formula is C14H18N2O6. The lowest BCUT2D eigenvalue weighted by Crippen LogP contribution is -2.48. The van der Waals surface area contributed by atoms with E-state index in [0.29, 0.717) is 5.69 Å². The highest BCUT2D eigenvalue weighted by Crippen LogP contribution is 2.36. The Labute approximate surface area is 125 Å². The van der Waals surface area contributed by atoms with Crippen molar-refractivity contribution >= 4 is 11.9 Å².